The maximum absolute atomic E-state index is 14.3. The van der Waals surface area contributed by atoms with Crippen molar-refractivity contribution >= 4 is 11.6 Å². The van der Waals surface area contributed by atoms with Gasteiger partial charge in [-0.3, -0.25) is 4.90 Å². The minimum Gasteiger partial charge on any atom is -0.494 e. The molecule has 1 unspecified atom stereocenters. The summed E-state index contributed by atoms with van der Waals surface area (Å²) < 4.78 is 30.5. The second-order valence-corrected chi connectivity index (χ2v) is 8.51. The number of methoxy groups -OCH3 is 1. The van der Waals surface area contributed by atoms with Crippen molar-refractivity contribution in [2.75, 3.05) is 20.3 Å². The van der Waals surface area contributed by atoms with Gasteiger partial charge >= 0.3 is 6.03 Å². The highest BCUT2D eigenvalue weighted by atomic mass is 19.1. The molecule has 1 aliphatic rings. The lowest BCUT2D eigenvalue weighted by atomic mass is 9.94. The SMILES string of the molecule is CCCCCN1C(=O)NC(c2ccc(OCC)cc2)C(c2nc(-c3ccc(OC)c(F)c3)no2)=C1C. The van der Waals surface area contributed by atoms with Crippen LogP contribution in [-0.2, 0) is 0 Å². The Labute approximate surface area is 210 Å². The normalized spacial score (nSPS) is 15.8. The van der Waals surface area contributed by atoms with Crippen LogP contribution in [0.2, 0.25) is 0 Å². The number of aromatic nitrogens is 2. The number of ether oxygens (including phenoxy) is 2. The fraction of sp³-hybridized carbons (Fsp3) is 0.370. The third-order valence-electron chi connectivity index (χ3n) is 6.17. The number of rotatable bonds is 10. The van der Waals surface area contributed by atoms with Gasteiger partial charge in [0.1, 0.15) is 5.75 Å². The Bertz CT molecular complexity index is 1240. The molecule has 1 N–H and O–H groups in total. The lowest BCUT2D eigenvalue weighted by Crippen LogP contribution is -2.46. The number of urea groups is 1. The first-order valence-corrected chi connectivity index (χ1v) is 12.2. The molecular weight excluding hydrogens is 463 g/mol. The lowest BCUT2D eigenvalue weighted by molar-refractivity contribution is 0.204. The van der Waals surface area contributed by atoms with E-state index in [1.807, 2.05) is 38.1 Å². The molecule has 9 heteroatoms. The number of hydrogen-bond acceptors (Lipinski definition) is 6. The number of carbonyl (C=O) groups excluding carboxylic acids is 1. The van der Waals surface area contributed by atoms with E-state index < -0.39 is 11.9 Å². The Morgan fingerprint density at radius 1 is 1.14 bits per heavy atom. The van der Waals surface area contributed by atoms with Crippen molar-refractivity contribution in [1.29, 1.82) is 0 Å². The van der Waals surface area contributed by atoms with Crippen LogP contribution in [0.1, 0.15) is 57.5 Å². The van der Waals surface area contributed by atoms with Gasteiger partial charge in [0.2, 0.25) is 5.82 Å². The molecular formula is C27H31FN4O4. The van der Waals surface area contributed by atoms with Crippen molar-refractivity contribution in [1.82, 2.24) is 20.4 Å². The number of carbonyl (C=O) groups is 1. The van der Waals surface area contributed by atoms with Gasteiger partial charge < -0.3 is 19.3 Å². The van der Waals surface area contributed by atoms with Crippen LogP contribution in [0.25, 0.3) is 17.0 Å². The van der Waals surface area contributed by atoms with Crippen LogP contribution in [0.4, 0.5) is 9.18 Å². The van der Waals surface area contributed by atoms with E-state index in [2.05, 4.69) is 22.4 Å². The highest BCUT2D eigenvalue weighted by molar-refractivity contribution is 5.86. The fourth-order valence-corrected chi connectivity index (χ4v) is 4.28. The maximum Gasteiger partial charge on any atom is 0.322 e. The monoisotopic (exact) mass is 494 g/mol. The summed E-state index contributed by atoms with van der Waals surface area (Å²) >= 11 is 0. The van der Waals surface area contributed by atoms with E-state index in [1.54, 1.807) is 11.0 Å². The Kier molecular flexibility index (Phi) is 7.87. The van der Waals surface area contributed by atoms with Crippen LogP contribution < -0.4 is 14.8 Å². The zero-order chi connectivity index (χ0) is 25.7. The summed E-state index contributed by atoms with van der Waals surface area (Å²) in [5.41, 5.74) is 2.75. The number of unbranched alkanes of at least 4 members (excludes halogenated alkanes) is 2. The van der Waals surface area contributed by atoms with Crippen LogP contribution in [0.15, 0.2) is 52.7 Å². The standard InChI is InChI=1S/C27H31FN4O4/c1-5-7-8-15-32-17(3)23(24(29-27(32)33)18-9-12-20(13-10-18)35-6-2)26-30-25(31-36-26)19-11-14-22(34-4)21(28)16-19/h9-14,16,24H,5-8,15H2,1-4H3,(H,29,33). The molecule has 3 aromatic rings. The number of nitrogens with zero attached hydrogens (tertiary/aromatic N) is 3. The fourth-order valence-electron chi connectivity index (χ4n) is 4.28. The van der Waals surface area contributed by atoms with E-state index in [0.29, 0.717) is 24.3 Å². The van der Waals surface area contributed by atoms with Crippen LogP contribution in [0.5, 0.6) is 11.5 Å². The first-order chi connectivity index (χ1) is 17.5. The first kappa shape index (κ1) is 25.2. The van der Waals surface area contributed by atoms with Gasteiger partial charge in [-0.1, -0.05) is 37.1 Å². The molecule has 36 heavy (non-hydrogen) atoms. The number of nitrogens with one attached hydrogen (secondary N) is 1. The van der Waals surface area contributed by atoms with Crippen LogP contribution in [0, 0.1) is 5.82 Å². The van der Waals surface area contributed by atoms with Crippen molar-refractivity contribution < 1.29 is 23.2 Å². The second-order valence-electron chi connectivity index (χ2n) is 8.51. The van der Waals surface area contributed by atoms with E-state index in [0.717, 1.165) is 36.3 Å². The van der Waals surface area contributed by atoms with Crippen LogP contribution in [0.3, 0.4) is 0 Å². The highest BCUT2D eigenvalue weighted by Gasteiger charge is 2.35. The summed E-state index contributed by atoms with van der Waals surface area (Å²) in [6, 6.07) is 11.4. The summed E-state index contributed by atoms with van der Waals surface area (Å²) in [6.45, 7) is 7.07. The minimum absolute atomic E-state index is 0.134. The minimum atomic E-state index is -0.518. The largest absolute Gasteiger partial charge is 0.494 e. The lowest BCUT2D eigenvalue weighted by Gasteiger charge is -2.35. The van der Waals surface area contributed by atoms with E-state index >= 15 is 0 Å². The van der Waals surface area contributed by atoms with Crippen molar-refractivity contribution in [3.63, 3.8) is 0 Å². The van der Waals surface area contributed by atoms with Gasteiger partial charge in [-0.2, -0.15) is 4.98 Å². The van der Waals surface area contributed by atoms with Crippen molar-refractivity contribution in [3.05, 3.63) is 65.4 Å². The summed E-state index contributed by atoms with van der Waals surface area (Å²) in [6.07, 6.45) is 2.94. The molecule has 4 rings (SSSR count). The molecule has 1 aliphatic heterocycles. The molecule has 0 spiro atoms. The highest BCUT2D eigenvalue weighted by Crippen LogP contribution is 2.38. The topological polar surface area (TPSA) is 89.7 Å². The average molecular weight is 495 g/mol. The van der Waals surface area contributed by atoms with Gasteiger partial charge in [0, 0.05) is 17.8 Å². The average Bonchev–Trinajstić information content (AvgIpc) is 3.36. The first-order valence-electron chi connectivity index (χ1n) is 12.2. The van der Waals surface area contributed by atoms with E-state index in [4.69, 9.17) is 14.0 Å². The number of halogens is 1. The number of hydrogen-bond donors (Lipinski definition) is 1. The number of benzene rings is 2. The molecule has 0 saturated carbocycles. The van der Waals surface area contributed by atoms with Crippen molar-refractivity contribution in [2.45, 2.75) is 46.1 Å². The summed E-state index contributed by atoms with van der Waals surface area (Å²) in [7, 11) is 1.41. The molecule has 190 valence electrons. The summed E-state index contributed by atoms with van der Waals surface area (Å²) in [5, 5.41) is 7.20. The Morgan fingerprint density at radius 2 is 1.92 bits per heavy atom. The predicted molar refractivity (Wildman–Crippen MR) is 134 cm³/mol. The number of amides is 2. The zero-order valence-electron chi connectivity index (χ0n) is 21.0. The molecule has 0 bridgehead atoms. The van der Waals surface area contributed by atoms with Gasteiger partial charge in [0.05, 0.1) is 25.3 Å². The smallest absolute Gasteiger partial charge is 0.322 e. The molecule has 0 fully saturated rings. The molecule has 2 amide bonds. The summed E-state index contributed by atoms with van der Waals surface area (Å²) in [5.74, 6) is 0.864. The molecule has 1 aromatic heterocycles. The van der Waals surface area contributed by atoms with Crippen molar-refractivity contribution in [2.24, 2.45) is 0 Å². The molecule has 8 nitrogen and oxygen atoms in total. The Balaban J connectivity index is 1.74. The van der Waals surface area contributed by atoms with Crippen LogP contribution in [-0.4, -0.2) is 41.3 Å². The van der Waals surface area contributed by atoms with Gasteiger partial charge in [0.15, 0.2) is 11.6 Å². The predicted octanol–water partition coefficient (Wildman–Crippen LogP) is 5.97. The summed E-state index contributed by atoms with van der Waals surface area (Å²) in [4.78, 5) is 19.4. The van der Waals surface area contributed by atoms with E-state index in [-0.39, 0.29) is 23.5 Å². The number of allylic oxidation sites excluding steroid dienone is 1. The van der Waals surface area contributed by atoms with Crippen LogP contribution >= 0.6 is 0 Å². The van der Waals surface area contributed by atoms with Crippen molar-refractivity contribution in [3.8, 4) is 22.9 Å². The zero-order valence-corrected chi connectivity index (χ0v) is 21.0. The van der Waals surface area contributed by atoms with Gasteiger partial charge in [0.25, 0.3) is 5.89 Å². The van der Waals surface area contributed by atoms with Gasteiger partial charge in [-0.05, 0) is 56.2 Å². The quantitative estimate of drug-likeness (QED) is 0.349. The van der Waals surface area contributed by atoms with E-state index in [1.165, 1.54) is 19.2 Å². The second kappa shape index (κ2) is 11.2. The molecule has 2 heterocycles. The van der Waals surface area contributed by atoms with Gasteiger partial charge in [-0.15, -0.1) is 0 Å². The molecule has 2 aromatic carbocycles. The Hall–Kier alpha value is -3.88. The third-order valence-corrected chi connectivity index (χ3v) is 6.17. The third kappa shape index (κ3) is 5.19. The maximum atomic E-state index is 14.3. The van der Waals surface area contributed by atoms with Gasteiger partial charge in [-0.25, -0.2) is 9.18 Å². The molecule has 0 aliphatic carbocycles. The Morgan fingerprint density at radius 3 is 2.58 bits per heavy atom. The van der Waals surface area contributed by atoms with E-state index in [9.17, 15) is 9.18 Å². The molecule has 0 radical (unpaired) electrons. The molecule has 0 saturated heterocycles. The molecule has 1 atom stereocenters.